The first kappa shape index (κ1) is 50.6. The van der Waals surface area contributed by atoms with E-state index < -0.39 is 0 Å². The Bertz CT molecular complexity index is 6980. The third-order valence-electron chi connectivity index (χ3n) is 20.9. The van der Waals surface area contributed by atoms with Gasteiger partial charge in [-0.15, -0.1) is 0 Å². The van der Waals surface area contributed by atoms with Gasteiger partial charge in [0.1, 0.15) is 22.3 Å². The zero-order chi connectivity index (χ0) is 61.6. The Hall–Kier alpha value is -12.1. The van der Waals surface area contributed by atoms with Crippen molar-refractivity contribution in [2.45, 2.75) is 26.2 Å². The molecule has 94 heavy (non-hydrogen) atoms. The van der Waals surface area contributed by atoms with E-state index in [0.717, 1.165) is 165 Å². The maximum Gasteiger partial charge on any atom is 0.160 e. The molecule has 14 aromatic carbocycles. The van der Waals surface area contributed by atoms with Gasteiger partial charge in [-0.1, -0.05) is 178 Å². The minimum Gasteiger partial charge on any atom is -0.454 e. The van der Waals surface area contributed by atoms with Gasteiger partial charge in [-0.05, 0) is 170 Å². The fourth-order valence-corrected chi connectivity index (χ4v) is 16.4. The van der Waals surface area contributed by atoms with Crippen LogP contribution in [0.3, 0.4) is 0 Å². The van der Waals surface area contributed by atoms with Crippen molar-refractivity contribution in [2.75, 3.05) is 0 Å². The van der Waals surface area contributed by atoms with Crippen molar-refractivity contribution in [3.63, 3.8) is 0 Å². The normalized spacial score (nSPS) is 12.8. The van der Waals surface area contributed by atoms with Gasteiger partial charge < -0.3 is 26.5 Å². The molecule has 8 aromatic heterocycles. The molecular formula is C88H52N2O4. The Labute approximate surface area is 535 Å². The molecule has 0 spiro atoms. The van der Waals surface area contributed by atoms with Crippen molar-refractivity contribution in [1.29, 1.82) is 0 Å². The van der Waals surface area contributed by atoms with Crippen molar-refractivity contribution >= 4 is 164 Å². The Morgan fingerprint density at radius 1 is 0.202 bits per heavy atom. The van der Waals surface area contributed by atoms with Crippen molar-refractivity contribution in [3.8, 4) is 55.6 Å². The van der Waals surface area contributed by atoms with Crippen LogP contribution in [0.2, 0.25) is 0 Å². The molecule has 0 atom stereocenters. The third-order valence-corrected chi connectivity index (χ3v) is 20.9. The van der Waals surface area contributed by atoms with Crippen LogP contribution in [0.25, 0.3) is 220 Å². The van der Waals surface area contributed by atoms with Crippen molar-refractivity contribution < 1.29 is 17.7 Å². The quantitative estimate of drug-likeness (QED) is 0.172. The Morgan fingerprint density at radius 2 is 0.489 bits per heavy atom. The molecule has 0 N–H and O–H groups in total. The SMILES string of the molecule is CC(C)(C)c1ccc(-c2cc3c4ccc5c6ccccc6oc5c4n4c3c(c2)c2ccc3c5cc(-c6ccc7oc8c(ccc9c%10cc(-c%11cc(-c%12ccccc%12)cc(-c%12ccccc%12)c%11)cc%11c%12ccc%13c%14ccccc%14oc%13c%12n(c%11%10)c98)c7c6)ccc5oc3c24)cc1. The number of benzene rings is 14. The van der Waals surface area contributed by atoms with E-state index >= 15 is 0 Å². The summed E-state index contributed by atoms with van der Waals surface area (Å²) in [5.74, 6) is 0. The molecule has 0 saturated carbocycles. The van der Waals surface area contributed by atoms with Gasteiger partial charge in [-0.25, -0.2) is 0 Å². The first-order valence-electron chi connectivity index (χ1n) is 32.4. The molecule has 8 heterocycles. The van der Waals surface area contributed by atoms with Crippen LogP contribution >= 0.6 is 0 Å². The topological polar surface area (TPSA) is 61.4 Å². The maximum absolute atomic E-state index is 7.23. The minimum absolute atomic E-state index is 0.0521. The van der Waals surface area contributed by atoms with Gasteiger partial charge in [0.2, 0.25) is 0 Å². The third kappa shape index (κ3) is 6.72. The standard InChI is InChI=1S/C88H52N2O4/c1-88(2,3)57-26-22-49(23-27-57)55-43-70-60-28-32-64-58-18-10-12-20-74(58)91-84(64)80(60)89-78(70)71(44-55)62-30-34-66-68-41-50(24-36-76(68)93-86(66)82(62)89)51-25-37-77-69(42-51)67-35-31-63-73-46-56(54-39-52(47-14-6-4-7-15-47)38-53(40-54)48-16-8-5-9-17-48)45-72-61-29-33-65-59-19-11-13-21-75(59)92-85(65)81(61)90(79(72)73)83(63)87(67)94-77/h4-46H,1-3H3. The zero-order valence-corrected chi connectivity index (χ0v) is 51.4. The van der Waals surface area contributed by atoms with E-state index in [-0.39, 0.29) is 5.41 Å². The largest absolute Gasteiger partial charge is 0.454 e. The summed E-state index contributed by atoms with van der Waals surface area (Å²) in [7, 11) is 0. The van der Waals surface area contributed by atoms with E-state index in [1.54, 1.807) is 0 Å². The number of nitrogens with zero attached hydrogens (tertiary/aromatic N) is 2. The van der Waals surface area contributed by atoms with Gasteiger partial charge in [0, 0.05) is 86.2 Å². The summed E-state index contributed by atoms with van der Waals surface area (Å²) in [6.07, 6.45) is 0. The molecule has 6 heteroatoms. The van der Waals surface area contributed by atoms with Crippen LogP contribution in [-0.2, 0) is 5.41 Å². The number of rotatable bonds is 5. The second-order valence-corrected chi connectivity index (χ2v) is 27.0. The second-order valence-electron chi connectivity index (χ2n) is 27.0. The average Bonchev–Trinajstić information content (AvgIpc) is 1.52. The summed E-state index contributed by atoms with van der Waals surface area (Å²) in [6.45, 7) is 6.81. The van der Waals surface area contributed by atoms with Gasteiger partial charge in [0.25, 0.3) is 0 Å². The summed E-state index contributed by atoms with van der Waals surface area (Å²) in [4.78, 5) is 0. The van der Waals surface area contributed by atoms with Gasteiger partial charge in [0.05, 0.1) is 33.1 Å². The number of para-hydroxylation sites is 2. The molecule has 0 aliphatic heterocycles. The van der Waals surface area contributed by atoms with E-state index in [1.807, 2.05) is 0 Å². The minimum atomic E-state index is 0.0521. The molecule has 0 radical (unpaired) electrons. The highest BCUT2D eigenvalue weighted by atomic mass is 16.3. The van der Waals surface area contributed by atoms with E-state index in [9.17, 15) is 0 Å². The fraction of sp³-hybridized carbons (Fsp3) is 0.0455. The number of fused-ring (bicyclic) bond motifs is 28. The average molecular weight is 1200 g/mol. The van der Waals surface area contributed by atoms with Crippen LogP contribution in [0, 0.1) is 0 Å². The molecule has 6 nitrogen and oxygen atoms in total. The first-order valence-corrected chi connectivity index (χ1v) is 32.4. The molecule has 438 valence electrons. The zero-order valence-electron chi connectivity index (χ0n) is 51.4. The predicted octanol–water partition coefficient (Wildman–Crippen LogP) is 25.2. The molecule has 0 aliphatic rings. The molecule has 22 aromatic rings. The molecule has 0 unspecified atom stereocenters. The monoisotopic (exact) mass is 1200 g/mol. The van der Waals surface area contributed by atoms with Crippen molar-refractivity contribution in [1.82, 2.24) is 8.80 Å². The highest BCUT2D eigenvalue weighted by Gasteiger charge is 2.29. The Kier molecular flexibility index (Phi) is 9.63. The lowest BCUT2D eigenvalue weighted by atomic mass is 9.86. The van der Waals surface area contributed by atoms with Crippen LogP contribution in [0.1, 0.15) is 26.3 Å². The summed E-state index contributed by atoms with van der Waals surface area (Å²) in [5, 5.41) is 17.9. The van der Waals surface area contributed by atoms with Crippen molar-refractivity contribution in [3.05, 3.63) is 266 Å². The number of hydrogen-bond acceptors (Lipinski definition) is 4. The summed E-state index contributed by atoms with van der Waals surface area (Å²) >= 11 is 0. The van der Waals surface area contributed by atoms with Crippen LogP contribution in [0.4, 0.5) is 0 Å². The summed E-state index contributed by atoms with van der Waals surface area (Å²) < 4.78 is 33.2. The van der Waals surface area contributed by atoms with E-state index in [2.05, 4.69) is 290 Å². The fourth-order valence-electron chi connectivity index (χ4n) is 16.4. The van der Waals surface area contributed by atoms with Gasteiger partial charge in [-0.2, -0.15) is 0 Å². The van der Waals surface area contributed by atoms with Gasteiger partial charge in [-0.3, -0.25) is 0 Å². The van der Waals surface area contributed by atoms with E-state index in [4.69, 9.17) is 17.7 Å². The summed E-state index contributed by atoms with van der Waals surface area (Å²) in [5.41, 5.74) is 26.2. The van der Waals surface area contributed by atoms with Crippen LogP contribution in [0.5, 0.6) is 0 Å². The van der Waals surface area contributed by atoms with Crippen molar-refractivity contribution in [2.24, 2.45) is 0 Å². The Morgan fingerprint density at radius 3 is 0.883 bits per heavy atom. The van der Waals surface area contributed by atoms with E-state index in [1.165, 1.54) is 60.6 Å². The highest BCUT2D eigenvalue weighted by molar-refractivity contribution is 6.34. The number of aromatic nitrogens is 2. The smallest absolute Gasteiger partial charge is 0.160 e. The maximum atomic E-state index is 7.23. The lowest BCUT2D eigenvalue weighted by Gasteiger charge is -2.19. The lowest BCUT2D eigenvalue weighted by Crippen LogP contribution is -2.10. The molecule has 22 rings (SSSR count). The molecule has 0 saturated heterocycles. The molecular weight excluding hydrogens is 1150 g/mol. The predicted molar refractivity (Wildman–Crippen MR) is 391 cm³/mol. The molecule has 0 aliphatic carbocycles. The molecule has 0 bridgehead atoms. The first-order chi connectivity index (χ1) is 46.2. The molecule has 0 amide bonds. The van der Waals surface area contributed by atoms with Gasteiger partial charge >= 0.3 is 0 Å². The number of furan rings is 4. The second kappa shape index (κ2) is 17.9. The number of hydrogen-bond donors (Lipinski definition) is 0. The lowest BCUT2D eigenvalue weighted by molar-refractivity contribution is 0.590. The van der Waals surface area contributed by atoms with Crippen LogP contribution in [-0.4, -0.2) is 8.80 Å². The molecule has 0 fully saturated rings. The van der Waals surface area contributed by atoms with Crippen LogP contribution in [0.15, 0.2) is 279 Å². The van der Waals surface area contributed by atoms with E-state index in [0.29, 0.717) is 0 Å². The summed E-state index contributed by atoms with van der Waals surface area (Å²) in [6, 6.07) is 95.5. The highest BCUT2D eigenvalue weighted by Crippen LogP contribution is 2.51. The van der Waals surface area contributed by atoms with Crippen LogP contribution < -0.4 is 0 Å². The van der Waals surface area contributed by atoms with Gasteiger partial charge in [0.15, 0.2) is 22.3 Å². The Balaban J connectivity index is 0.744.